The Balaban J connectivity index is 1.92. The lowest BCUT2D eigenvalue weighted by Gasteiger charge is -2.31. The molecule has 1 atom stereocenters. The van der Waals surface area contributed by atoms with E-state index in [4.69, 9.17) is 14.6 Å². The smallest absolute Gasteiger partial charge is 0.317 e. The summed E-state index contributed by atoms with van der Waals surface area (Å²) in [6, 6.07) is 7.53. The van der Waals surface area contributed by atoms with Crippen LogP contribution in [0.1, 0.15) is 0 Å². The molecule has 6 heteroatoms. The Hall–Kier alpha value is -1.79. The normalized spacial score (nSPS) is 17.2. The summed E-state index contributed by atoms with van der Waals surface area (Å²) in [5.74, 6) is 0.634. The summed E-state index contributed by atoms with van der Waals surface area (Å²) in [6.45, 7) is 2.47. The van der Waals surface area contributed by atoms with Crippen molar-refractivity contribution < 1.29 is 19.4 Å². The average molecular weight is 294 g/mol. The first-order valence-corrected chi connectivity index (χ1v) is 7.02. The maximum absolute atomic E-state index is 11.0. The number of aliphatic carboxylic acids is 1. The van der Waals surface area contributed by atoms with Crippen LogP contribution in [-0.2, 0) is 4.79 Å². The number of nitrogens with zero attached hydrogens (tertiary/aromatic N) is 2. The molecule has 0 aromatic heterocycles. The first kappa shape index (κ1) is 15.6. The highest BCUT2D eigenvalue weighted by atomic mass is 16.6. The standard InChI is InChI=1S/C15H22N2O4/c1-16(2)7-8-17(10-15(18)19)9-12-11-20-13-5-3-4-6-14(13)21-12/h3-6,12H,7-11H2,1-2H3,(H,18,19). The molecule has 1 N–H and O–H groups in total. The van der Waals surface area contributed by atoms with Crippen LogP contribution in [0.5, 0.6) is 11.5 Å². The zero-order valence-corrected chi connectivity index (χ0v) is 12.5. The number of ether oxygens (including phenoxy) is 2. The van der Waals surface area contributed by atoms with E-state index in [-0.39, 0.29) is 12.6 Å². The van der Waals surface area contributed by atoms with Crippen molar-refractivity contribution in [3.63, 3.8) is 0 Å². The number of likely N-dealkylation sites (N-methyl/N-ethyl adjacent to an activating group) is 1. The van der Waals surface area contributed by atoms with Gasteiger partial charge in [0.1, 0.15) is 12.7 Å². The summed E-state index contributed by atoms with van der Waals surface area (Å²) in [5.41, 5.74) is 0. The van der Waals surface area contributed by atoms with Gasteiger partial charge in [-0.05, 0) is 26.2 Å². The fraction of sp³-hybridized carbons (Fsp3) is 0.533. The molecule has 1 aromatic carbocycles. The number of fused-ring (bicyclic) bond motifs is 1. The number of benzene rings is 1. The second-order valence-electron chi connectivity index (χ2n) is 5.43. The molecule has 0 bridgehead atoms. The molecule has 1 heterocycles. The lowest BCUT2D eigenvalue weighted by molar-refractivity contribution is -0.138. The third-order valence-electron chi connectivity index (χ3n) is 3.25. The van der Waals surface area contributed by atoms with Crippen LogP contribution >= 0.6 is 0 Å². The van der Waals surface area contributed by atoms with Crippen molar-refractivity contribution in [3.05, 3.63) is 24.3 Å². The number of rotatable bonds is 7. The van der Waals surface area contributed by atoms with Gasteiger partial charge in [0.2, 0.25) is 0 Å². The van der Waals surface area contributed by atoms with E-state index in [1.165, 1.54) is 0 Å². The Morgan fingerprint density at radius 2 is 2.00 bits per heavy atom. The van der Waals surface area contributed by atoms with E-state index >= 15 is 0 Å². The van der Waals surface area contributed by atoms with Crippen molar-refractivity contribution in [1.29, 1.82) is 0 Å². The molecule has 0 spiro atoms. The van der Waals surface area contributed by atoms with Crippen LogP contribution in [0.3, 0.4) is 0 Å². The Kier molecular flexibility index (Phi) is 5.41. The second kappa shape index (κ2) is 7.28. The zero-order chi connectivity index (χ0) is 15.2. The predicted molar refractivity (Wildman–Crippen MR) is 79.0 cm³/mol. The van der Waals surface area contributed by atoms with E-state index < -0.39 is 5.97 Å². The minimum absolute atomic E-state index is 0.00927. The van der Waals surface area contributed by atoms with Gasteiger partial charge in [-0.1, -0.05) is 12.1 Å². The van der Waals surface area contributed by atoms with Gasteiger partial charge in [-0.3, -0.25) is 9.69 Å². The Labute approximate surface area is 124 Å². The molecule has 2 rings (SSSR count). The third kappa shape index (κ3) is 4.91. The van der Waals surface area contributed by atoms with Crippen LogP contribution in [0.25, 0.3) is 0 Å². The summed E-state index contributed by atoms with van der Waals surface area (Å²) in [4.78, 5) is 14.9. The predicted octanol–water partition coefficient (Wildman–Crippen LogP) is 0.775. The molecule has 0 aliphatic carbocycles. The van der Waals surface area contributed by atoms with Gasteiger partial charge < -0.3 is 19.5 Å². The summed E-state index contributed by atoms with van der Waals surface area (Å²) in [5, 5.41) is 9.01. The molecule has 0 amide bonds. The van der Waals surface area contributed by atoms with Gasteiger partial charge in [-0.2, -0.15) is 0 Å². The molecule has 1 aliphatic heterocycles. The van der Waals surface area contributed by atoms with E-state index in [1.807, 2.05) is 48.2 Å². The quantitative estimate of drug-likeness (QED) is 0.801. The van der Waals surface area contributed by atoms with Crippen molar-refractivity contribution in [1.82, 2.24) is 9.80 Å². The maximum Gasteiger partial charge on any atom is 0.317 e. The topological polar surface area (TPSA) is 62.2 Å². The third-order valence-corrected chi connectivity index (χ3v) is 3.25. The number of carbonyl (C=O) groups is 1. The number of para-hydroxylation sites is 2. The molecule has 1 aromatic rings. The molecule has 0 saturated heterocycles. The maximum atomic E-state index is 11.0. The van der Waals surface area contributed by atoms with Gasteiger partial charge >= 0.3 is 5.97 Å². The SMILES string of the molecule is CN(C)CCN(CC(=O)O)CC1COc2ccccc2O1. The summed E-state index contributed by atoms with van der Waals surface area (Å²) < 4.78 is 11.5. The van der Waals surface area contributed by atoms with Gasteiger partial charge in [0.05, 0.1) is 6.54 Å². The number of carboxylic acids is 1. The molecule has 1 unspecified atom stereocenters. The average Bonchev–Trinajstić information content (AvgIpc) is 2.44. The van der Waals surface area contributed by atoms with E-state index in [0.29, 0.717) is 19.7 Å². The molecule has 0 radical (unpaired) electrons. The van der Waals surface area contributed by atoms with Gasteiger partial charge in [0.15, 0.2) is 11.5 Å². The highest BCUT2D eigenvalue weighted by molar-refractivity contribution is 5.69. The van der Waals surface area contributed by atoms with Crippen molar-refractivity contribution in [2.75, 3.05) is 46.9 Å². The van der Waals surface area contributed by atoms with E-state index in [0.717, 1.165) is 18.0 Å². The molecular formula is C15H22N2O4. The Morgan fingerprint density at radius 1 is 1.29 bits per heavy atom. The molecule has 0 saturated carbocycles. The van der Waals surface area contributed by atoms with Gasteiger partial charge in [0.25, 0.3) is 0 Å². The molecule has 116 valence electrons. The Bertz CT molecular complexity index is 478. The van der Waals surface area contributed by atoms with Crippen LogP contribution in [0.4, 0.5) is 0 Å². The molecule has 6 nitrogen and oxygen atoms in total. The fourth-order valence-corrected chi connectivity index (χ4v) is 2.21. The molecular weight excluding hydrogens is 272 g/mol. The lowest BCUT2D eigenvalue weighted by atomic mass is 10.2. The minimum Gasteiger partial charge on any atom is -0.486 e. The van der Waals surface area contributed by atoms with Gasteiger partial charge in [-0.25, -0.2) is 0 Å². The summed E-state index contributed by atoms with van der Waals surface area (Å²) >= 11 is 0. The summed E-state index contributed by atoms with van der Waals surface area (Å²) in [6.07, 6.45) is -0.151. The minimum atomic E-state index is -0.828. The number of hydrogen-bond acceptors (Lipinski definition) is 5. The van der Waals surface area contributed by atoms with E-state index in [9.17, 15) is 4.79 Å². The number of hydrogen-bond donors (Lipinski definition) is 1. The highest BCUT2D eigenvalue weighted by Crippen LogP contribution is 2.30. The first-order valence-electron chi connectivity index (χ1n) is 7.02. The van der Waals surface area contributed by atoms with Gasteiger partial charge in [-0.15, -0.1) is 0 Å². The van der Waals surface area contributed by atoms with E-state index in [1.54, 1.807) is 0 Å². The Morgan fingerprint density at radius 3 is 2.67 bits per heavy atom. The zero-order valence-electron chi connectivity index (χ0n) is 12.5. The second-order valence-corrected chi connectivity index (χ2v) is 5.43. The van der Waals surface area contributed by atoms with Crippen LogP contribution in [0, 0.1) is 0 Å². The van der Waals surface area contributed by atoms with Gasteiger partial charge in [0, 0.05) is 19.6 Å². The fourth-order valence-electron chi connectivity index (χ4n) is 2.21. The first-order chi connectivity index (χ1) is 10.0. The van der Waals surface area contributed by atoms with Crippen LogP contribution in [-0.4, -0.2) is 73.9 Å². The van der Waals surface area contributed by atoms with Crippen molar-refractivity contribution in [3.8, 4) is 11.5 Å². The van der Waals surface area contributed by atoms with Crippen molar-refractivity contribution >= 4 is 5.97 Å². The van der Waals surface area contributed by atoms with Crippen LogP contribution in [0.2, 0.25) is 0 Å². The van der Waals surface area contributed by atoms with Crippen molar-refractivity contribution in [2.45, 2.75) is 6.10 Å². The van der Waals surface area contributed by atoms with Crippen LogP contribution < -0.4 is 9.47 Å². The lowest BCUT2D eigenvalue weighted by Crippen LogP contribution is -2.45. The molecule has 0 fully saturated rings. The molecule has 21 heavy (non-hydrogen) atoms. The monoisotopic (exact) mass is 294 g/mol. The highest BCUT2D eigenvalue weighted by Gasteiger charge is 2.23. The van der Waals surface area contributed by atoms with Crippen LogP contribution in [0.15, 0.2) is 24.3 Å². The summed E-state index contributed by atoms with van der Waals surface area (Å²) in [7, 11) is 3.94. The molecule has 1 aliphatic rings. The van der Waals surface area contributed by atoms with E-state index in [2.05, 4.69) is 0 Å². The van der Waals surface area contributed by atoms with Crippen molar-refractivity contribution in [2.24, 2.45) is 0 Å². The number of carboxylic acid groups (broad SMARTS) is 1. The largest absolute Gasteiger partial charge is 0.486 e.